The number of H-pyrrole nitrogens is 1. The lowest BCUT2D eigenvalue weighted by atomic mass is 9.89. The molecule has 1 N–H and O–H groups in total. The summed E-state index contributed by atoms with van der Waals surface area (Å²) >= 11 is 11.5. The number of rotatable bonds is 2. The summed E-state index contributed by atoms with van der Waals surface area (Å²) in [6, 6.07) is 5.93. The van der Waals surface area contributed by atoms with Gasteiger partial charge in [0.1, 0.15) is 0 Å². The van der Waals surface area contributed by atoms with Gasteiger partial charge < -0.3 is 9.55 Å². The first-order valence-corrected chi connectivity index (χ1v) is 7.24. The molecule has 1 heterocycles. The molecule has 0 saturated heterocycles. The third kappa shape index (κ3) is 2.10. The Labute approximate surface area is 117 Å². The number of aromatic nitrogens is 2. The van der Waals surface area contributed by atoms with Gasteiger partial charge in [-0.25, -0.2) is 0 Å². The molecule has 0 bridgehead atoms. The van der Waals surface area contributed by atoms with Crippen molar-refractivity contribution < 1.29 is 0 Å². The van der Waals surface area contributed by atoms with Gasteiger partial charge in [-0.3, -0.25) is 0 Å². The first-order valence-electron chi connectivity index (χ1n) is 6.46. The molecule has 3 rings (SSSR count). The van der Waals surface area contributed by atoms with Crippen molar-refractivity contribution >= 4 is 34.9 Å². The van der Waals surface area contributed by atoms with Crippen molar-refractivity contribution in [2.75, 3.05) is 0 Å². The minimum absolute atomic E-state index is 0.396. The van der Waals surface area contributed by atoms with Gasteiger partial charge in [0.25, 0.3) is 0 Å². The molecular weight excluding hydrogens is 264 g/mol. The number of aromatic amines is 1. The fourth-order valence-electron chi connectivity index (χ4n) is 3.06. The quantitative estimate of drug-likeness (QED) is 0.773. The van der Waals surface area contributed by atoms with E-state index < -0.39 is 0 Å². The Morgan fingerprint density at radius 3 is 2.83 bits per heavy atom. The highest BCUT2D eigenvalue weighted by Crippen LogP contribution is 2.39. The Morgan fingerprint density at radius 1 is 1.39 bits per heavy atom. The summed E-state index contributed by atoms with van der Waals surface area (Å²) in [7, 11) is 0. The van der Waals surface area contributed by atoms with Crippen LogP contribution in [0.1, 0.15) is 32.6 Å². The van der Waals surface area contributed by atoms with E-state index in [9.17, 15) is 0 Å². The number of fused-ring (bicyclic) bond motifs is 1. The molecule has 1 aliphatic rings. The molecule has 1 aromatic heterocycles. The highest BCUT2D eigenvalue weighted by Gasteiger charge is 2.29. The lowest BCUT2D eigenvalue weighted by molar-refractivity contribution is 0.284. The van der Waals surface area contributed by atoms with Crippen LogP contribution in [-0.2, 0) is 6.54 Å². The van der Waals surface area contributed by atoms with Crippen molar-refractivity contribution in [3.8, 4) is 0 Å². The Balaban J connectivity index is 2.06. The van der Waals surface area contributed by atoms with E-state index in [0.717, 1.165) is 27.4 Å². The second-order valence-electron chi connectivity index (χ2n) is 5.70. The Bertz CT molecular complexity index is 635. The van der Waals surface area contributed by atoms with E-state index >= 15 is 0 Å². The number of imidazole rings is 1. The molecule has 0 aliphatic heterocycles. The van der Waals surface area contributed by atoms with Crippen LogP contribution in [-0.4, -0.2) is 9.55 Å². The average molecular weight is 281 g/mol. The summed E-state index contributed by atoms with van der Waals surface area (Å²) in [5, 5.41) is 0.748. The molecule has 18 heavy (non-hydrogen) atoms. The van der Waals surface area contributed by atoms with Crippen LogP contribution < -0.4 is 0 Å². The highest BCUT2D eigenvalue weighted by atomic mass is 35.5. The van der Waals surface area contributed by atoms with Crippen molar-refractivity contribution in [2.45, 2.75) is 39.2 Å². The number of hydrogen-bond donors (Lipinski definition) is 1. The van der Waals surface area contributed by atoms with Crippen molar-refractivity contribution in [3.05, 3.63) is 28.0 Å². The number of halogens is 1. The second-order valence-corrected chi connectivity index (χ2v) is 6.52. The van der Waals surface area contributed by atoms with Gasteiger partial charge in [0.2, 0.25) is 0 Å². The van der Waals surface area contributed by atoms with Gasteiger partial charge in [0, 0.05) is 11.6 Å². The van der Waals surface area contributed by atoms with Crippen molar-refractivity contribution in [1.29, 1.82) is 0 Å². The lowest BCUT2D eigenvalue weighted by Crippen LogP contribution is -2.19. The third-order valence-corrected chi connectivity index (χ3v) is 4.64. The van der Waals surface area contributed by atoms with Crippen LogP contribution in [0.4, 0.5) is 0 Å². The van der Waals surface area contributed by atoms with E-state index in [1.807, 2.05) is 12.1 Å². The summed E-state index contributed by atoms with van der Waals surface area (Å²) in [5.41, 5.74) is 2.60. The first kappa shape index (κ1) is 12.2. The van der Waals surface area contributed by atoms with Crippen LogP contribution in [0, 0.1) is 10.2 Å². The SMILES string of the molecule is CC1(Cn2c(=S)[nH]c3cc(Cl)ccc32)CCCC1. The summed E-state index contributed by atoms with van der Waals surface area (Å²) in [6.45, 7) is 3.38. The third-order valence-electron chi connectivity index (χ3n) is 4.09. The van der Waals surface area contributed by atoms with Gasteiger partial charge in [-0.1, -0.05) is 31.4 Å². The monoisotopic (exact) mass is 280 g/mol. The molecule has 2 nitrogen and oxygen atoms in total. The standard InChI is InChI=1S/C14H17ClN2S/c1-14(6-2-3-7-14)9-17-12-5-4-10(15)8-11(12)16-13(17)18/h4-5,8H,2-3,6-7,9H2,1H3,(H,16,18). The maximum absolute atomic E-state index is 6.01. The van der Waals surface area contributed by atoms with Crippen LogP contribution >= 0.6 is 23.8 Å². The summed E-state index contributed by atoms with van der Waals surface area (Å²) in [4.78, 5) is 3.25. The molecule has 0 atom stereocenters. The van der Waals surface area contributed by atoms with E-state index in [-0.39, 0.29) is 0 Å². The van der Waals surface area contributed by atoms with Crippen molar-refractivity contribution in [1.82, 2.24) is 9.55 Å². The van der Waals surface area contributed by atoms with Gasteiger partial charge in [0.05, 0.1) is 11.0 Å². The number of nitrogens with zero attached hydrogens (tertiary/aromatic N) is 1. The summed E-state index contributed by atoms with van der Waals surface area (Å²) in [6.07, 6.45) is 5.29. The zero-order valence-corrected chi connectivity index (χ0v) is 12.1. The normalized spacial score (nSPS) is 18.6. The van der Waals surface area contributed by atoms with Crippen LogP contribution in [0.3, 0.4) is 0 Å². The summed E-state index contributed by atoms with van der Waals surface area (Å²) in [5.74, 6) is 0. The number of hydrogen-bond acceptors (Lipinski definition) is 1. The number of benzene rings is 1. The van der Waals surface area contributed by atoms with E-state index in [2.05, 4.69) is 22.5 Å². The molecule has 1 fully saturated rings. The van der Waals surface area contributed by atoms with Crippen LogP contribution in [0.25, 0.3) is 11.0 Å². The maximum Gasteiger partial charge on any atom is 0.178 e. The molecular formula is C14H17ClN2S. The van der Waals surface area contributed by atoms with Gasteiger partial charge in [0.15, 0.2) is 4.77 Å². The molecule has 1 aromatic carbocycles. The minimum atomic E-state index is 0.396. The number of nitrogens with one attached hydrogen (secondary N) is 1. The smallest absolute Gasteiger partial charge is 0.178 e. The zero-order valence-electron chi connectivity index (χ0n) is 10.5. The molecule has 0 unspecified atom stereocenters. The van der Waals surface area contributed by atoms with Gasteiger partial charge >= 0.3 is 0 Å². The molecule has 4 heteroatoms. The van der Waals surface area contributed by atoms with E-state index in [1.54, 1.807) is 0 Å². The van der Waals surface area contributed by atoms with Gasteiger partial charge in [-0.05, 0) is 48.7 Å². The molecule has 96 valence electrons. The fourth-order valence-corrected chi connectivity index (χ4v) is 3.51. The van der Waals surface area contributed by atoms with Crippen LogP contribution in [0.2, 0.25) is 5.02 Å². The van der Waals surface area contributed by atoms with E-state index in [4.69, 9.17) is 23.8 Å². The fraction of sp³-hybridized carbons (Fsp3) is 0.500. The Morgan fingerprint density at radius 2 is 2.11 bits per heavy atom. The molecule has 1 saturated carbocycles. The van der Waals surface area contributed by atoms with Gasteiger partial charge in [-0.2, -0.15) is 0 Å². The highest BCUT2D eigenvalue weighted by molar-refractivity contribution is 7.71. The maximum atomic E-state index is 6.01. The second kappa shape index (κ2) is 4.39. The Kier molecular flexibility index (Phi) is 2.99. The average Bonchev–Trinajstić information content (AvgIpc) is 2.85. The van der Waals surface area contributed by atoms with Crippen LogP contribution in [0.15, 0.2) is 18.2 Å². The lowest BCUT2D eigenvalue weighted by Gasteiger charge is -2.24. The van der Waals surface area contributed by atoms with E-state index in [1.165, 1.54) is 25.7 Å². The van der Waals surface area contributed by atoms with Crippen molar-refractivity contribution in [3.63, 3.8) is 0 Å². The summed E-state index contributed by atoms with van der Waals surface area (Å²) < 4.78 is 3.03. The molecule has 1 aliphatic carbocycles. The van der Waals surface area contributed by atoms with Crippen molar-refractivity contribution in [2.24, 2.45) is 5.41 Å². The minimum Gasteiger partial charge on any atom is -0.331 e. The topological polar surface area (TPSA) is 20.7 Å². The predicted molar refractivity (Wildman–Crippen MR) is 78.7 cm³/mol. The Hall–Kier alpha value is -0.800. The van der Waals surface area contributed by atoms with Crippen LogP contribution in [0.5, 0.6) is 0 Å². The largest absolute Gasteiger partial charge is 0.331 e. The predicted octanol–water partition coefficient (Wildman–Crippen LogP) is 4.93. The molecule has 0 radical (unpaired) electrons. The molecule has 0 spiro atoms. The first-order chi connectivity index (χ1) is 8.57. The molecule has 0 amide bonds. The van der Waals surface area contributed by atoms with E-state index in [0.29, 0.717) is 5.41 Å². The molecule has 2 aromatic rings. The zero-order chi connectivity index (χ0) is 12.8. The van der Waals surface area contributed by atoms with Gasteiger partial charge in [-0.15, -0.1) is 0 Å².